The van der Waals surface area contributed by atoms with Crippen molar-refractivity contribution in [1.82, 2.24) is 9.13 Å². The van der Waals surface area contributed by atoms with Crippen LogP contribution in [0.3, 0.4) is 0 Å². The summed E-state index contributed by atoms with van der Waals surface area (Å²) < 4.78 is 4.74. The fraction of sp³-hybridized carbons (Fsp3) is 0.0286. The van der Waals surface area contributed by atoms with Crippen LogP contribution < -0.4 is 0 Å². The first kappa shape index (κ1) is 85.6. The Morgan fingerprint density at radius 2 is 0.296 bits per heavy atom. The third kappa shape index (κ3) is 16.0. The average molecular weight is 1810 g/mol. The van der Waals surface area contributed by atoms with Gasteiger partial charge in [-0.3, -0.25) is 0 Å². The molecule has 0 saturated heterocycles. The van der Waals surface area contributed by atoms with Gasteiger partial charge in [0.15, 0.2) is 0 Å². The van der Waals surface area contributed by atoms with Crippen LogP contribution in [0.5, 0.6) is 0 Å². The van der Waals surface area contributed by atoms with Crippen LogP contribution in [-0.4, -0.2) is 9.13 Å². The number of nitrogens with zero attached hydrogens (tertiary/aromatic N) is 2. The molecule has 0 aliphatic heterocycles. The van der Waals surface area contributed by atoms with Gasteiger partial charge in [-0.1, -0.05) is 459 Å². The van der Waals surface area contributed by atoms with Gasteiger partial charge in [0, 0.05) is 32.9 Å². The van der Waals surface area contributed by atoms with E-state index >= 15 is 0 Å². The van der Waals surface area contributed by atoms with E-state index in [9.17, 15) is 0 Å². The highest BCUT2D eigenvalue weighted by molar-refractivity contribution is 6.25. The lowest BCUT2D eigenvalue weighted by Crippen LogP contribution is -1.93. The average Bonchev–Trinajstić information content (AvgIpc) is 1.14. The summed E-state index contributed by atoms with van der Waals surface area (Å²) in [4.78, 5) is 0. The van der Waals surface area contributed by atoms with Crippen molar-refractivity contribution in [3.8, 4) is 167 Å². The second kappa shape index (κ2) is 36.4. The first-order valence-electron chi connectivity index (χ1n) is 49.3. The zero-order valence-corrected chi connectivity index (χ0v) is 79.5. The SMILES string of the molecule is Cc1ccc(-c2ccc3c(-c4ccc(-c5ccc(-c6ccc7c(c6)c6ccccc6n7-c6ccccc6)cc5)cc4)c4cc(-c5ccc(C)cc5)ccc4c(-c4ccc(-c5ccc(-c6ccccc6)cc5)cc4)c3c2)cc1.Cc1cccc(-c2ccc3c(-c4ccc(-c5ccc(-c6ccc7c(c6)c6ccccc6n7-c6ccccc6)cc5)cc4)c4cc(-c5cccc(C)c5)ccc4c(-c4ccccc4)c3c2)c1. The Kier molecular flexibility index (Phi) is 22.0. The number of aryl methyl sites for hydroxylation is 4. The van der Waals surface area contributed by atoms with E-state index in [0.29, 0.717) is 0 Å². The van der Waals surface area contributed by atoms with Gasteiger partial charge in [0.1, 0.15) is 0 Å². The van der Waals surface area contributed by atoms with Crippen LogP contribution in [0, 0.1) is 27.7 Å². The summed E-state index contributed by atoms with van der Waals surface area (Å²) in [5.74, 6) is 0. The van der Waals surface area contributed by atoms with Crippen molar-refractivity contribution in [2.75, 3.05) is 0 Å². The van der Waals surface area contributed by atoms with E-state index < -0.39 is 0 Å². The minimum atomic E-state index is 1.17. The largest absolute Gasteiger partial charge is 0.309 e. The quantitative estimate of drug-likeness (QED) is 0.0854. The summed E-state index contributed by atoms with van der Waals surface area (Å²) in [6.45, 7) is 8.65. The normalized spacial score (nSPS) is 11.5. The second-order valence-electron chi connectivity index (χ2n) is 38.0. The molecule has 0 aliphatic rings. The zero-order chi connectivity index (χ0) is 94.8. The molecule has 0 fully saturated rings. The highest BCUT2D eigenvalue weighted by Gasteiger charge is 2.25. The number of rotatable bonds is 16. The van der Waals surface area contributed by atoms with E-state index in [1.54, 1.807) is 0 Å². The van der Waals surface area contributed by atoms with Crippen LogP contribution >= 0.6 is 0 Å². The molecule has 0 amide bonds. The highest BCUT2D eigenvalue weighted by atomic mass is 15.0. The summed E-state index contributed by atoms with van der Waals surface area (Å²) in [7, 11) is 0. The molecule has 2 heteroatoms. The molecule has 26 rings (SSSR count). The van der Waals surface area contributed by atoms with Gasteiger partial charge in [-0.15, -0.1) is 0 Å². The standard InChI is InChI=1S/C76H53N.C64H45N/c1-50-17-21-58(22-18-50)63-42-45-69-71(48-63)75(61-37-33-56(34-38-61)54-27-25-53(26-28-54)52-11-5-3-6-12-52)68-44-41-64(59-23-19-51(2)20-24-59)49-72(68)76(69)62-39-35-57(36-40-62)55-29-31-60(32-30-55)65-43-46-74-70(47-65)67-15-9-10-16-73(67)77(74)66-13-7-4-8-14-66;1-42-13-11-17-49(37-42)52-32-35-57-59(40-52)63(47-15-5-3-6-16-47)56-34-31-53(50-18-12-14-43(2)38-50)41-60(56)64(57)48-29-27-45(28-30-48)44-23-25-46(26-24-44)51-33-36-62-58(39-51)55-21-9-10-22-61(55)65(62)54-19-7-4-8-20-54/h3-49H,1-2H3;3-41H,1-2H3. The Bertz CT molecular complexity index is 9300. The van der Waals surface area contributed by atoms with Gasteiger partial charge < -0.3 is 9.13 Å². The van der Waals surface area contributed by atoms with Gasteiger partial charge in [0.05, 0.1) is 22.1 Å². The summed E-state index contributed by atoms with van der Waals surface area (Å²) in [5.41, 5.74) is 46.2. The van der Waals surface area contributed by atoms with Crippen LogP contribution in [0.1, 0.15) is 22.3 Å². The lowest BCUT2D eigenvalue weighted by molar-refractivity contribution is 1.18. The Morgan fingerprint density at radius 1 is 0.106 bits per heavy atom. The number of hydrogen-bond acceptors (Lipinski definition) is 0. The molecule has 0 saturated carbocycles. The van der Waals surface area contributed by atoms with Crippen LogP contribution in [0.2, 0.25) is 0 Å². The minimum Gasteiger partial charge on any atom is -0.309 e. The summed E-state index contributed by atoms with van der Waals surface area (Å²) in [6.07, 6.45) is 0. The smallest absolute Gasteiger partial charge is 0.0541 e. The molecule has 2 aromatic heterocycles. The number of para-hydroxylation sites is 4. The molecule has 0 unspecified atom stereocenters. The molecule has 668 valence electrons. The molecule has 0 radical (unpaired) electrons. The van der Waals surface area contributed by atoms with Crippen molar-refractivity contribution >= 4 is 86.7 Å². The van der Waals surface area contributed by atoms with E-state index in [0.717, 1.165) is 0 Å². The van der Waals surface area contributed by atoms with E-state index in [1.807, 2.05) is 0 Å². The van der Waals surface area contributed by atoms with Crippen molar-refractivity contribution in [3.05, 3.63) is 544 Å². The van der Waals surface area contributed by atoms with Gasteiger partial charge >= 0.3 is 0 Å². The molecular weight excluding hydrogens is 1710 g/mol. The van der Waals surface area contributed by atoms with E-state index in [-0.39, 0.29) is 0 Å². The van der Waals surface area contributed by atoms with Gasteiger partial charge in [-0.05, 0) is 311 Å². The molecule has 0 aliphatic carbocycles. The maximum atomic E-state index is 2.43. The second-order valence-corrected chi connectivity index (χ2v) is 38.0. The summed E-state index contributed by atoms with van der Waals surface area (Å²) in [5, 5.41) is 15.0. The van der Waals surface area contributed by atoms with Crippen molar-refractivity contribution in [2.45, 2.75) is 27.7 Å². The fourth-order valence-electron chi connectivity index (χ4n) is 21.9. The van der Waals surface area contributed by atoms with Crippen molar-refractivity contribution in [1.29, 1.82) is 0 Å². The molecule has 2 heterocycles. The third-order valence-electron chi connectivity index (χ3n) is 29.1. The lowest BCUT2D eigenvalue weighted by Gasteiger charge is -2.20. The van der Waals surface area contributed by atoms with Gasteiger partial charge in [0.2, 0.25) is 0 Å². The van der Waals surface area contributed by atoms with Crippen LogP contribution in [0.25, 0.3) is 254 Å². The molecule has 0 atom stereocenters. The number of aromatic nitrogens is 2. The molecular formula is C140H98N2. The van der Waals surface area contributed by atoms with E-state index in [2.05, 4.69) is 559 Å². The molecule has 0 spiro atoms. The van der Waals surface area contributed by atoms with E-state index in [1.165, 1.54) is 276 Å². The van der Waals surface area contributed by atoms with Gasteiger partial charge in [0.25, 0.3) is 0 Å². The molecule has 24 aromatic carbocycles. The number of fused-ring (bicyclic) bond motifs is 10. The molecule has 142 heavy (non-hydrogen) atoms. The highest BCUT2D eigenvalue weighted by Crippen LogP contribution is 2.51. The topological polar surface area (TPSA) is 9.86 Å². The number of benzene rings is 24. The predicted molar refractivity (Wildman–Crippen MR) is 607 cm³/mol. The summed E-state index contributed by atoms with van der Waals surface area (Å²) >= 11 is 0. The van der Waals surface area contributed by atoms with Crippen LogP contribution in [0.15, 0.2) is 522 Å². The van der Waals surface area contributed by atoms with Crippen molar-refractivity contribution in [3.63, 3.8) is 0 Å². The lowest BCUT2D eigenvalue weighted by atomic mass is 9.83. The summed E-state index contributed by atoms with van der Waals surface area (Å²) in [6, 6.07) is 193. The minimum absolute atomic E-state index is 1.17. The molecule has 0 bridgehead atoms. The zero-order valence-electron chi connectivity index (χ0n) is 79.5. The third-order valence-corrected chi connectivity index (χ3v) is 29.1. The number of hydrogen-bond donors (Lipinski definition) is 0. The molecule has 0 N–H and O–H groups in total. The molecule has 26 aromatic rings. The monoisotopic (exact) mass is 1810 g/mol. The predicted octanol–water partition coefficient (Wildman–Crippen LogP) is 38.8. The Balaban J connectivity index is 0.000000151. The van der Waals surface area contributed by atoms with Gasteiger partial charge in [-0.2, -0.15) is 0 Å². The Hall–Kier alpha value is -18.1. The van der Waals surface area contributed by atoms with Crippen molar-refractivity contribution < 1.29 is 0 Å². The van der Waals surface area contributed by atoms with Crippen molar-refractivity contribution in [2.24, 2.45) is 0 Å². The fourth-order valence-corrected chi connectivity index (χ4v) is 21.9. The van der Waals surface area contributed by atoms with Gasteiger partial charge in [-0.25, -0.2) is 0 Å². The molecule has 2 nitrogen and oxygen atoms in total. The van der Waals surface area contributed by atoms with Crippen LogP contribution in [0.4, 0.5) is 0 Å². The Morgan fingerprint density at radius 3 is 0.592 bits per heavy atom. The van der Waals surface area contributed by atoms with E-state index in [4.69, 9.17) is 0 Å². The Labute approximate surface area is 828 Å². The maximum Gasteiger partial charge on any atom is 0.0541 e. The first-order chi connectivity index (χ1) is 70.0. The first-order valence-corrected chi connectivity index (χ1v) is 49.3. The van der Waals surface area contributed by atoms with Crippen LogP contribution in [-0.2, 0) is 0 Å². The maximum absolute atomic E-state index is 2.43.